The van der Waals surface area contributed by atoms with E-state index in [1.54, 1.807) is 5.31 Å². The van der Waals surface area contributed by atoms with E-state index in [1.807, 2.05) is 0 Å². The van der Waals surface area contributed by atoms with E-state index < -0.39 is 0 Å². The summed E-state index contributed by atoms with van der Waals surface area (Å²) in [5, 5.41) is 1.71. The van der Waals surface area contributed by atoms with Crippen molar-refractivity contribution in [2.24, 2.45) is 0 Å². The first-order valence-corrected chi connectivity index (χ1v) is 6.82. The average Bonchev–Trinajstić information content (AvgIpc) is 1.97. The van der Waals surface area contributed by atoms with Crippen molar-refractivity contribution in [3.63, 3.8) is 0 Å². The highest BCUT2D eigenvalue weighted by Gasteiger charge is 1.99. The van der Waals surface area contributed by atoms with Crippen molar-refractivity contribution < 1.29 is 0 Å². The monoisotopic (exact) mass is 172 g/mol. The predicted octanol–water partition coefficient (Wildman–Crippen LogP) is 4.21. The molecule has 0 N–H and O–H groups in total. The van der Waals surface area contributed by atoms with E-state index in [-0.39, 0.29) is 7.92 Å². The first-order valence-electron chi connectivity index (χ1n) is 4.58. The van der Waals surface area contributed by atoms with E-state index >= 15 is 0 Å². The highest BCUT2D eigenvalue weighted by molar-refractivity contribution is 7.60. The quantitative estimate of drug-likeness (QED) is 0.545. The van der Waals surface area contributed by atoms with Crippen LogP contribution in [0.15, 0.2) is 11.4 Å². The Morgan fingerprint density at radius 1 is 1.18 bits per heavy atom. The van der Waals surface area contributed by atoms with Gasteiger partial charge in [-0.2, -0.15) is 0 Å². The molecule has 0 spiro atoms. The van der Waals surface area contributed by atoms with Crippen LogP contribution >= 0.6 is 7.92 Å². The van der Waals surface area contributed by atoms with Crippen LogP contribution in [0.1, 0.15) is 39.5 Å². The molecule has 0 rings (SSSR count). The van der Waals surface area contributed by atoms with Gasteiger partial charge in [0.25, 0.3) is 0 Å². The van der Waals surface area contributed by atoms with Crippen LogP contribution in [0.4, 0.5) is 0 Å². The van der Waals surface area contributed by atoms with Gasteiger partial charge in [0.05, 0.1) is 0 Å². The Bertz CT molecular complexity index is 114. The Morgan fingerprint density at radius 3 is 2.18 bits per heavy atom. The van der Waals surface area contributed by atoms with Gasteiger partial charge in [-0.1, -0.05) is 46.0 Å². The van der Waals surface area contributed by atoms with Gasteiger partial charge in [0.1, 0.15) is 0 Å². The van der Waals surface area contributed by atoms with Crippen LogP contribution in [0, 0.1) is 0 Å². The van der Waals surface area contributed by atoms with Gasteiger partial charge in [-0.05, 0) is 26.2 Å². The summed E-state index contributed by atoms with van der Waals surface area (Å²) >= 11 is 0. The standard InChI is InChI=1S/C10H21P/c1-5-7-9-10(8-6-2)11(3)4/h9H,5-8H2,1-4H3. The molecule has 0 saturated carbocycles. The Balaban J connectivity index is 3.86. The van der Waals surface area contributed by atoms with Crippen LogP contribution in [0.5, 0.6) is 0 Å². The predicted molar refractivity (Wildman–Crippen MR) is 56.7 cm³/mol. The van der Waals surface area contributed by atoms with Gasteiger partial charge >= 0.3 is 0 Å². The Labute approximate surface area is 72.8 Å². The zero-order valence-corrected chi connectivity index (χ0v) is 9.25. The molecule has 0 nitrogen and oxygen atoms in total. The average molecular weight is 172 g/mol. The van der Waals surface area contributed by atoms with Gasteiger partial charge in [-0.15, -0.1) is 0 Å². The van der Waals surface area contributed by atoms with Crippen LogP contribution < -0.4 is 0 Å². The van der Waals surface area contributed by atoms with Crippen LogP contribution in [0.3, 0.4) is 0 Å². The summed E-state index contributed by atoms with van der Waals surface area (Å²) in [6, 6.07) is 0. The van der Waals surface area contributed by atoms with Crippen LogP contribution in [-0.4, -0.2) is 13.3 Å². The third-order valence-corrected chi connectivity index (χ3v) is 3.30. The summed E-state index contributed by atoms with van der Waals surface area (Å²) in [6.45, 7) is 9.21. The lowest BCUT2D eigenvalue weighted by Gasteiger charge is -2.10. The van der Waals surface area contributed by atoms with E-state index in [1.165, 1.54) is 25.7 Å². The molecular formula is C10H21P. The molecule has 0 fully saturated rings. The minimum Gasteiger partial charge on any atom is -0.0865 e. The molecule has 0 aromatic carbocycles. The summed E-state index contributed by atoms with van der Waals surface area (Å²) in [5.41, 5.74) is 0. The molecular weight excluding hydrogens is 151 g/mol. The van der Waals surface area contributed by atoms with Gasteiger partial charge in [0.15, 0.2) is 0 Å². The summed E-state index contributed by atoms with van der Waals surface area (Å²) in [4.78, 5) is 0. The van der Waals surface area contributed by atoms with Gasteiger partial charge in [0, 0.05) is 0 Å². The van der Waals surface area contributed by atoms with Crippen LogP contribution in [0.2, 0.25) is 0 Å². The molecule has 0 unspecified atom stereocenters. The van der Waals surface area contributed by atoms with Gasteiger partial charge < -0.3 is 0 Å². The van der Waals surface area contributed by atoms with Crippen LogP contribution in [-0.2, 0) is 0 Å². The van der Waals surface area contributed by atoms with Gasteiger partial charge in [-0.3, -0.25) is 0 Å². The lowest BCUT2D eigenvalue weighted by molar-refractivity contribution is 0.910. The fourth-order valence-corrected chi connectivity index (χ4v) is 2.24. The van der Waals surface area contributed by atoms with E-state index in [0.717, 1.165) is 0 Å². The molecule has 0 heterocycles. The first kappa shape index (κ1) is 11.2. The lowest BCUT2D eigenvalue weighted by Crippen LogP contribution is -1.80. The number of hydrogen-bond donors (Lipinski definition) is 0. The van der Waals surface area contributed by atoms with Crippen molar-refractivity contribution in [1.29, 1.82) is 0 Å². The molecule has 0 aromatic heterocycles. The van der Waals surface area contributed by atoms with E-state index in [4.69, 9.17) is 0 Å². The second kappa shape index (κ2) is 6.85. The second-order valence-corrected chi connectivity index (χ2v) is 5.49. The summed E-state index contributed by atoms with van der Waals surface area (Å²) in [5.74, 6) is 0. The molecule has 11 heavy (non-hydrogen) atoms. The fraction of sp³-hybridized carbons (Fsp3) is 0.800. The summed E-state index contributed by atoms with van der Waals surface area (Å²) < 4.78 is 0. The third kappa shape index (κ3) is 5.44. The zero-order chi connectivity index (χ0) is 8.69. The highest BCUT2D eigenvalue weighted by Crippen LogP contribution is 2.39. The van der Waals surface area contributed by atoms with E-state index in [9.17, 15) is 0 Å². The molecule has 0 saturated heterocycles. The minimum atomic E-state index is 0.180. The topological polar surface area (TPSA) is 0 Å². The van der Waals surface area contributed by atoms with Crippen molar-refractivity contribution in [2.75, 3.05) is 13.3 Å². The molecule has 0 atom stereocenters. The van der Waals surface area contributed by atoms with Crippen molar-refractivity contribution in [2.45, 2.75) is 39.5 Å². The first-order chi connectivity index (χ1) is 5.22. The number of unbranched alkanes of at least 4 members (excludes halogenated alkanes) is 1. The summed E-state index contributed by atoms with van der Waals surface area (Å²) in [6.07, 6.45) is 7.64. The third-order valence-electron chi connectivity index (χ3n) is 1.75. The molecule has 0 radical (unpaired) electrons. The minimum absolute atomic E-state index is 0.180. The van der Waals surface area contributed by atoms with Crippen LogP contribution in [0.25, 0.3) is 0 Å². The number of rotatable bonds is 5. The molecule has 0 aliphatic rings. The van der Waals surface area contributed by atoms with Gasteiger partial charge in [-0.25, -0.2) is 0 Å². The number of allylic oxidation sites excluding steroid dienone is 2. The molecule has 0 aliphatic heterocycles. The second-order valence-electron chi connectivity index (χ2n) is 3.13. The maximum atomic E-state index is 2.45. The smallest absolute Gasteiger partial charge is 0.0280 e. The molecule has 0 amide bonds. The largest absolute Gasteiger partial charge is 0.0865 e. The Kier molecular flexibility index (Phi) is 6.96. The zero-order valence-electron chi connectivity index (χ0n) is 8.35. The van der Waals surface area contributed by atoms with Crippen molar-refractivity contribution >= 4 is 7.92 Å². The maximum Gasteiger partial charge on any atom is -0.0280 e. The highest BCUT2D eigenvalue weighted by atomic mass is 31.1. The van der Waals surface area contributed by atoms with Crippen molar-refractivity contribution in [1.82, 2.24) is 0 Å². The van der Waals surface area contributed by atoms with Crippen molar-refractivity contribution in [3.8, 4) is 0 Å². The maximum absolute atomic E-state index is 2.45. The fourth-order valence-electron chi connectivity index (χ4n) is 1.08. The molecule has 66 valence electrons. The van der Waals surface area contributed by atoms with E-state index in [2.05, 4.69) is 33.3 Å². The normalized spacial score (nSPS) is 12.6. The van der Waals surface area contributed by atoms with Crippen molar-refractivity contribution in [3.05, 3.63) is 11.4 Å². The number of hydrogen-bond acceptors (Lipinski definition) is 0. The lowest BCUT2D eigenvalue weighted by atomic mass is 10.2. The van der Waals surface area contributed by atoms with E-state index in [0.29, 0.717) is 0 Å². The van der Waals surface area contributed by atoms with Gasteiger partial charge in [0.2, 0.25) is 0 Å². The molecule has 0 bridgehead atoms. The molecule has 1 heteroatoms. The SMILES string of the molecule is CCCC=C(CCC)P(C)C. The molecule has 0 aromatic rings. The Hall–Kier alpha value is 0.170. The summed E-state index contributed by atoms with van der Waals surface area (Å²) in [7, 11) is 0.180. The molecule has 0 aliphatic carbocycles. The Morgan fingerprint density at radius 2 is 1.82 bits per heavy atom.